The topological polar surface area (TPSA) is 46.9 Å². The minimum Gasteiger partial charge on any atom is -0.352 e. The van der Waals surface area contributed by atoms with Crippen molar-refractivity contribution in [3.8, 4) is 0 Å². The number of para-hydroxylation sites is 2. The second-order valence-corrected chi connectivity index (χ2v) is 9.14. The Morgan fingerprint density at radius 2 is 1.65 bits per heavy atom. The van der Waals surface area contributed by atoms with E-state index in [0.29, 0.717) is 6.54 Å². The molecule has 1 heterocycles. The number of hydrogen-bond acceptors (Lipinski definition) is 2. The highest BCUT2D eigenvalue weighted by Gasteiger charge is 2.11. The molecule has 0 aliphatic carbocycles. The molecule has 4 nitrogen and oxygen atoms in total. The Bertz CT molecular complexity index is 1230. The van der Waals surface area contributed by atoms with Gasteiger partial charge in [-0.3, -0.25) is 4.79 Å². The van der Waals surface area contributed by atoms with Gasteiger partial charge in [-0.2, -0.15) is 0 Å². The lowest BCUT2D eigenvalue weighted by molar-refractivity contribution is 0.0952. The summed E-state index contributed by atoms with van der Waals surface area (Å²) < 4.78 is 2.40. The molecule has 4 aromatic rings. The minimum absolute atomic E-state index is 0.0257. The number of carbonyl (C=O) groups is 1. The third-order valence-corrected chi connectivity index (χ3v) is 6.41. The van der Waals surface area contributed by atoms with Gasteiger partial charge in [-0.05, 0) is 68.9 Å². The van der Waals surface area contributed by atoms with E-state index >= 15 is 0 Å². The number of nitrogens with zero attached hydrogens (tertiary/aromatic N) is 2. The van der Waals surface area contributed by atoms with E-state index in [1.165, 1.54) is 22.5 Å². The second-order valence-electron chi connectivity index (χ2n) is 9.14. The van der Waals surface area contributed by atoms with Crippen molar-refractivity contribution in [2.75, 3.05) is 6.54 Å². The molecule has 0 saturated carbocycles. The van der Waals surface area contributed by atoms with Crippen molar-refractivity contribution in [1.29, 1.82) is 0 Å². The van der Waals surface area contributed by atoms with Gasteiger partial charge in [0.25, 0.3) is 5.91 Å². The summed E-state index contributed by atoms with van der Waals surface area (Å²) in [4.78, 5) is 17.4. The van der Waals surface area contributed by atoms with Crippen LogP contribution in [0, 0.1) is 13.8 Å². The summed E-state index contributed by atoms with van der Waals surface area (Å²) in [6, 6.07) is 25.1. The third kappa shape index (κ3) is 6.13. The molecule has 1 N–H and O–H groups in total. The lowest BCUT2D eigenvalue weighted by Crippen LogP contribution is -2.25. The van der Waals surface area contributed by atoms with Crippen LogP contribution in [0.25, 0.3) is 11.0 Å². The van der Waals surface area contributed by atoms with E-state index in [2.05, 4.69) is 70.5 Å². The molecule has 0 aliphatic rings. The molecule has 4 heteroatoms. The van der Waals surface area contributed by atoms with E-state index in [9.17, 15) is 4.79 Å². The molecule has 34 heavy (non-hydrogen) atoms. The first-order chi connectivity index (χ1) is 16.6. The summed E-state index contributed by atoms with van der Waals surface area (Å²) in [7, 11) is 0. The van der Waals surface area contributed by atoms with Crippen molar-refractivity contribution in [2.24, 2.45) is 0 Å². The maximum absolute atomic E-state index is 12.5. The Hall–Kier alpha value is -3.40. The van der Waals surface area contributed by atoms with Crippen LogP contribution in [-0.4, -0.2) is 22.0 Å². The largest absolute Gasteiger partial charge is 0.352 e. The molecule has 0 spiro atoms. The average molecular weight is 454 g/mol. The number of rotatable bonds is 11. The van der Waals surface area contributed by atoms with Gasteiger partial charge in [0.05, 0.1) is 11.0 Å². The zero-order valence-electron chi connectivity index (χ0n) is 20.4. The van der Waals surface area contributed by atoms with Gasteiger partial charge in [0.2, 0.25) is 0 Å². The van der Waals surface area contributed by atoms with Gasteiger partial charge in [-0.15, -0.1) is 0 Å². The molecule has 0 unspecified atom stereocenters. The Balaban J connectivity index is 1.26. The molecule has 1 aromatic heterocycles. The fourth-order valence-corrected chi connectivity index (χ4v) is 4.60. The van der Waals surface area contributed by atoms with Gasteiger partial charge in [-0.1, -0.05) is 66.6 Å². The van der Waals surface area contributed by atoms with Crippen molar-refractivity contribution in [1.82, 2.24) is 14.9 Å². The number of amides is 1. The predicted octanol–water partition coefficient (Wildman–Crippen LogP) is 6.43. The molecule has 0 fully saturated rings. The highest BCUT2D eigenvalue weighted by Crippen LogP contribution is 2.19. The van der Waals surface area contributed by atoms with Crippen molar-refractivity contribution in [2.45, 2.75) is 58.9 Å². The van der Waals surface area contributed by atoms with Crippen LogP contribution in [0.1, 0.15) is 58.6 Å². The number of aromatic nitrogens is 2. The zero-order valence-corrected chi connectivity index (χ0v) is 20.4. The molecule has 1 amide bonds. The molecular weight excluding hydrogens is 418 g/mol. The minimum atomic E-state index is 0.0257. The Morgan fingerprint density at radius 1 is 0.853 bits per heavy atom. The van der Waals surface area contributed by atoms with Gasteiger partial charge < -0.3 is 9.88 Å². The summed E-state index contributed by atoms with van der Waals surface area (Å²) in [5.74, 6) is 1.20. The number of nitrogens with one attached hydrogen (secondary N) is 1. The van der Waals surface area contributed by atoms with Crippen LogP contribution in [0.15, 0.2) is 72.8 Å². The van der Waals surface area contributed by atoms with E-state index in [1.807, 2.05) is 26.0 Å². The van der Waals surface area contributed by atoms with Crippen molar-refractivity contribution >= 4 is 16.9 Å². The van der Waals surface area contributed by atoms with Gasteiger partial charge in [-0.25, -0.2) is 4.98 Å². The zero-order chi connectivity index (χ0) is 23.8. The highest BCUT2D eigenvalue weighted by atomic mass is 16.1. The molecule has 3 aromatic carbocycles. The normalized spacial score (nSPS) is 11.1. The monoisotopic (exact) mass is 453 g/mol. The molecule has 0 atom stereocenters. The van der Waals surface area contributed by atoms with Crippen LogP contribution in [0.2, 0.25) is 0 Å². The van der Waals surface area contributed by atoms with Gasteiger partial charge in [0.1, 0.15) is 5.82 Å². The first-order valence-corrected chi connectivity index (χ1v) is 12.5. The van der Waals surface area contributed by atoms with Crippen molar-refractivity contribution < 1.29 is 4.79 Å². The number of aryl methyl sites for hydroxylation is 5. The average Bonchev–Trinajstić information content (AvgIpc) is 3.19. The molecule has 0 bridgehead atoms. The SMILES string of the molecule is Cc1ccc(C(=O)NCCCCCc2nc3ccccc3n2CCCc2ccccc2)c(C)c1. The van der Waals surface area contributed by atoms with Crippen LogP contribution in [0.5, 0.6) is 0 Å². The third-order valence-electron chi connectivity index (χ3n) is 6.41. The van der Waals surface area contributed by atoms with Crippen molar-refractivity contribution in [3.05, 3.63) is 101 Å². The summed E-state index contributed by atoms with van der Waals surface area (Å²) in [5, 5.41) is 3.07. The fraction of sp³-hybridized carbons (Fsp3) is 0.333. The van der Waals surface area contributed by atoms with Crippen molar-refractivity contribution in [3.63, 3.8) is 0 Å². The van der Waals surface area contributed by atoms with Gasteiger partial charge >= 0.3 is 0 Å². The Morgan fingerprint density at radius 3 is 2.47 bits per heavy atom. The highest BCUT2D eigenvalue weighted by molar-refractivity contribution is 5.95. The van der Waals surface area contributed by atoms with Gasteiger partial charge in [0, 0.05) is 25.1 Å². The lowest BCUT2D eigenvalue weighted by atomic mass is 10.1. The second kappa shape index (κ2) is 11.6. The van der Waals surface area contributed by atoms with E-state index in [1.54, 1.807) is 0 Å². The summed E-state index contributed by atoms with van der Waals surface area (Å²) >= 11 is 0. The number of benzene rings is 3. The first kappa shape index (κ1) is 23.7. The van der Waals surface area contributed by atoms with Crippen LogP contribution < -0.4 is 5.32 Å². The molecular formula is C30H35N3O. The van der Waals surface area contributed by atoms with Gasteiger partial charge in [0.15, 0.2) is 0 Å². The van der Waals surface area contributed by atoms with E-state index in [0.717, 1.165) is 61.7 Å². The van der Waals surface area contributed by atoms with Crippen LogP contribution >= 0.6 is 0 Å². The lowest BCUT2D eigenvalue weighted by Gasteiger charge is -2.10. The smallest absolute Gasteiger partial charge is 0.251 e. The summed E-state index contributed by atoms with van der Waals surface area (Å²) in [5.41, 5.74) is 6.68. The molecule has 0 aliphatic heterocycles. The standard InChI is InChI=1S/C30H35N3O/c1-23-18-19-26(24(2)22-23)30(34)31-20-10-4-7-17-29-32-27-15-8-9-16-28(27)33(29)21-11-14-25-12-5-3-6-13-25/h3,5-6,8-9,12-13,15-16,18-19,22H,4,7,10-11,14,17,20-21H2,1-2H3,(H,31,34). The summed E-state index contributed by atoms with van der Waals surface area (Å²) in [6.45, 7) is 5.73. The number of fused-ring (bicyclic) bond motifs is 1. The van der Waals surface area contributed by atoms with E-state index in [4.69, 9.17) is 4.98 Å². The van der Waals surface area contributed by atoms with Crippen LogP contribution in [0.3, 0.4) is 0 Å². The maximum atomic E-state index is 12.5. The fourth-order valence-electron chi connectivity index (χ4n) is 4.60. The first-order valence-electron chi connectivity index (χ1n) is 12.5. The summed E-state index contributed by atoms with van der Waals surface area (Å²) in [6.07, 6.45) is 6.26. The molecule has 4 rings (SSSR count). The Labute approximate surface area is 203 Å². The van der Waals surface area contributed by atoms with E-state index in [-0.39, 0.29) is 5.91 Å². The predicted molar refractivity (Wildman–Crippen MR) is 140 cm³/mol. The quantitative estimate of drug-likeness (QED) is 0.266. The van der Waals surface area contributed by atoms with Crippen LogP contribution in [-0.2, 0) is 19.4 Å². The van der Waals surface area contributed by atoms with E-state index < -0.39 is 0 Å². The Kier molecular flexibility index (Phi) is 8.13. The maximum Gasteiger partial charge on any atom is 0.251 e. The molecule has 176 valence electrons. The number of unbranched alkanes of at least 4 members (excludes halogenated alkanes) is 2. The number of imidazole rings is 1. The van der Waals surface area contributed by atoms with Crippen LogP contribution in [0.4, 0.5) is 0 Å². The number of carbonyl (C=O) groups excluding carboxylic acids is 1. The number of hydrogen-bond donors (Lipinski definition) is 1. The molecule has 0 radical (unpaired) electrons. The molecule has 0 saturated heterocycles.